The SMILES string of the molecule is CC1CCCN(Cc2ccccc2CNC(=O)c2sccc2S(=O)(=O)N2CCSCC2)C1. The second-order valence-corrected chi connectivity index (χ2v) is 12.6. The fourth-order valence-electron chi connectivity index (χ4n) is 4.40. The summed E-state index contributed by atoms with van der Waals surface area (Å²) in [6.45, 7) is 6.76. The first-order valence-corrected chi connectivity index (χ1v) is 14.7. The number of rotatable bonds is 7. The number of benzene rings is 1. The Hall–Kier alpha value is -1.39. The molecule has 174 valence electrons. The fraction of sp³-hybridized carbons (Fsp3) is 0.522. The third kappa shape index (κ3) is 5.56. The normalized spacial score (nSPS) is 20.8. The zero-order chi connectivity index (χ0) is 22.6. The number of hydrogen-bond donors (Lipinski definition) is 1. The standard InChI is InChI=1S/C23H31N3O3S3/c1-18-5-4-9-25(16-18)17-20-7-3-2-6-19(20)15-24-23(27)22-21(8-12-31-22)32(28,29)26-10-13-30-14-11-26/h2-3,6-8,12,18H,4-5,9-11,13-17H2,1H3,(H,24,27). The number of hydrogen-bond acceptors (Lipinski definition) is 6. The van der Waals surface area contributed by atoms with E-state index in [2.05, 4.69) is 23.2 Å². The van der Waals surface area contributed by atoms with Crippen molar-refractivity contribution in [1.82, 2.24) is 14.5 Å². The van der Waals surface area contributed by atoms with Crippen molar-refractivity contribution < 1.29 is 13.2 Å². The van der Waals surface area contributed by atoms with Gasteiger partial charge in [0.05, 0.1) is 0 Å². The van der Waals surface area contributed by atoms with Crippen LogP contribution in [0.1, 0.15) is 40.6 Å². The van der Waals surface area contributed by atoms with E-state index in [4.69, 9.17) is 0 Å². The first kappa shape index (κ1) is 23.8. The highest BCUT2D eigenvalue weighted by atomic mass is 32.2. The Balaban J connectivity index is 1.44. The maximum Gasteiger partial charge on any atom is 0.263 e. The largest absolute Gasteiger partial charge is 0.347 e. The first-order chi connectivity index (χ1) is 15.4. The van der Waals surface area contributed by atoms with Gasteiger partial charge in [-0.05, 0) is 47.9 Å². The molecule has 2 aromatic rings. The number of nitrogens with zero attached hydrogens (tertiary/aromatic N) is 2. The van der Waals surface area contributed by atoms with Crippen LogP contribution in [0.4, 0.5) is 0 Å². The van der Waals surface area contributed by atoms with Crippen LogP contribution < -0.4 is 5.32 Å². The van der Waals surface area contributed by atoms with Crippen molar-refractivity contribution in [3.05, 3.63) is 51.7 Å². The van der Waals surface area contributed by atoms with E-state index < -0.39 is 10.0 Å². The Morgan fingerprint density at radius 2 is 1.88 bits per heavy atom. The van der Waals surface area contributed by atoms with Gasteiger partial charge in [-0.3, -0.25) is 9.69 Å². The molecule has 32 heavy (non-hydrogen) atoms. The van der Waals surface area contributed by atoms with Crippen molar-refractivity contribution in [2.45, 2.75) is 37.8 Å². The predicted molar refractivity (Wildman–Crippen MR) is 132 cm³/mol. The predicted octanol–water partition coefficient (Wildman–Crippen LogP) is 3.65. The van der Waals surface area contributed by atoms with Gasteiger partial charge >= 0.3 is 0 Å². The average Bonchev–Trinajstić information content (AvgIpc) is 3.30. The molecule has 6 nitrogen and oxygen atoms in total. The lowest BCUT2D eigenvalue weighted by atomic mass is 9.99. The van der Waals surface area contributed by atoms with Gasteiger partial charge in [-0.2, -0.15) is 16.1 Å². The molecule has 0 spiro atoms. The van der Waals surface area contributed by atoms with Gasteiger partial charge < -0.3 is 5.32 Å². The number of piperidine rings is 1. The molecule has 1 unspecified atom stereocenters. The molecule has 1 amide bonds. The summed E-state index contributed by atoms with van der Waals surface area (Å²) in [6, 6.07) is 9.74. The van der Waals surface area contributed by atoms with Crippen LogP contribution in [0.2, 0.25) is 0 Å². The van der Waals surface area contributed by atoms with E-state index in [0.717, 1.165) is 36.7 Å². The number of carbonyl (C=O) groups excluding carboxylic acids is 1. The van der Waals surface area contributed by atoms with Crippen LogP contribution in [0, 0.1) is 5.92 Å². The van der Waals surface area contributed by atoms with Crippen LogP contribution in [-0.4, -0.2) is 61.2 Å². The van der Waals surface area contributed by atoms with Gasteiger partial charge in [-0.1, -0.05) is 31.2 Å². The van der Waals surface area contributed by atoms with Crippen molar-refractivity contribution in [1.29, 1.82) is 0 Å². The molecule has 0 saturated carbocycles. The summed E-state index contributed by atoms with van der Waals surface area (Å²) in [5, 5.41) is 4.66. The lowest BCUT2D eigenvalue weighted by Gasteiger charge is -2.31. The molecule has 9 heteroatoms. The van der Waals surface area contributed by atoms with Crippen LogP contribution in [-0.2, 0) is 23.1 Å². The molecule has 3 heterocycles. The van der Waals surface area contributed by atoms with Gasteiger partial charge in [0, 0.05) is 44.2 Å². The van der Waals surface area contributed by atoms with Gasteiger partial charge in [-0.15, -0.1) is 11.3 Å². The Kier molecular flexibility index (Phi) is 7.94. The molecule has 1 aromatic heterocycles. The van der Waals surface area contributed by atoms with Gasteiger partial charge in [0.15, 0.2) is 0 Å². The smallest absolute Gasteiger partial charge is 0.263 e. The van der Waals surface area contributed by atoms with Crippen molar-refractivity contribution in [3.63, 3.8) is 0 Å². The zero-order valence-corrected chi connectivity index (χ0v) is 20.9. The number of amides is 1. The Morgan fingerprint density at radius 1 is 1.12 bits per heavy atom. The minimum atomic E-state index is -3.65. The van der Waals surface area contributed by atoms with E-state index in [1.807, 2.05) is 18.2 Å². The second-order valence-electron chi connectivity index (χ2n) is 8.56. The van der Waals surface area contributed by atoms with Crippen LogP contribution in [0.3, 0.4) is 0 Å². The molecule has 0 aliphatic carbocycles. The van der Waals surface area contributed by atoms with Crippen LogP contribution >= 0.6 is 23.1 Å². The highest BCUT2D eigenvalue weighted by Gasteiger charge is 2.31. The number of thioether (sulfide) groups is 1. The van der Waals surface area contributed by atoms with Crippen molar-refractivity contribution in [2.75, 3.05) is 37.7 Å². The number of thiophene rings is 1. The van der Waals surface area contributed by atoms with Crippen molar-refractivity contribution in [2.24, 2.45) is 5.92 Å². The number of nitrogens with one attached hydrogen (secondary N) is 1. The van der Waals surface area contributed by atoms with Gasteiger partial charge in [0.2, 0.25) is 10.0 Å². The summed E-state index contributed by atoms with van der Waals surface area (Å²) in [5.41, 5.74) is 2.29. The summed E-state index contributed by atoms with van der Waals surface area (Å²) in [4.78, 5) is 15.9. The van der Waals surface area contributed by atoms with Crippen LogP contribution in [0.5, 0.6) is 0 Å². The number of likely N-dealkylation sites (tertiary alicyclic amines) is 1. The quantitative estimate of drug-likeness (QED) is 0.638. The van der Waals surface area contributed by atoms with E-state index in [0.29, 0.717) is 25.6 Å². The molecule has 0 bridgehead atoms. The summed E-state index contributed by atoms with van der Waals surface area (Å²) in [7, 11) is -3.65. The Bertz CT molecular complexity index is 1030. The monoisotopic (exact) mass is 493 g/mol. The van der Waals surface area contributed by atoms with Gasteiger partial charge in [-0.25, -0.2) is 8.42 Å². The molecule has 2 aliphatic heterocycles. The molecule has 2 aliphatic rings. The van der Waals surface area contributed by atoms with Gasteiger partial charge in [0.1, 0.15) is 9.77 Å². The Labute approximate surface area is 199 Å². The topological polar surface area (TPSA) is 69.7 Å². The highest BCUT2D eigenvalue weighted by molar-refractivity contribution is 7.99. The summed E-state index contributed by atoms with van der Waals surface area (Å²) < 4.78 is 27.7. The van der Waals surface area contributed by atoms with Crippen molar-refractivity contribution in [3.8, 4) is 0 Å². The number of sulfonamides is 1. The maximum absolute atomic E-state index is 13.1. The molecule has 1 aromatic carbocycles. The Morgan fingerprint density at radius 3 is 2.62 bits per heavy atom. The van der Waals surface area contributed by atoms with Crippen LogP contribution in [0.25, 0.3) is 0 Å². The second kappa shape index (κ2) is 10.7. The lowest BCUT2D eigenvalue weighted by Crippen LogP contribution is -2.38. The third-order valence-electron chi connectivity index (χ3n) is 6.12. The third-order valence-corrected chi connectivity index (χ3v) is 10.0. The molecule has 1 atom stereocenters. The molecule has 1 N–H and O–H groups in total. The van der Waals surface area contributed by atoms with E-state index in [1.165, 1.54) is 34.0 Å². The molecule has 2 fully saturated rings. The molecular weight excluding hydrogens is 462 g/mol. The minimum Gasteiger partial charge on any atom is -0.347 e. The highest BCUT2D eigenvalue weighted by Crippen LogP contribution is 2.27. The van der Waals surface area contributed by atoms with E-state index in [9.17, 15) is 13.2 Å². The van der Waals surface area contributed by atoms with Gasteiger partial charge in [0.25, 0.3) is 5.91 Å². The first-order valence-electron chi connectivity index (χ1n) is 11.2. The summed E-state index contributed by atoms with van der Waals surface area (Å²) in [6.07, 6.45) is 2.52. The molecular formula is C23H31N3O3S3. The average molecular weight is 494 g/mol. The molecule has 2 saturated heterocycles. The zero-order valence-electron chi connectivity index (χ0n) is 18.5. The number of carbonyl (C=O) groups is 1. The molecule has 0 radical (unpaired) electrons. The molecule has 4 rings (SSSR count). The fourth-order valence-corrected chi connectivity index (χ4v) is 8.30. The maximum atomic E-state index is 13.1. The van der Waals surface area contributed by atoms with Crippen LogP contribution in [0.15, 0.2) is 40.6 Å². The summed E-state index contributed by atoms with van der Waals surface area (Å²) >= 11 is 2.94. The van der Waals surface area contributed by atoms with E-state index >= 15 is 0 Å². The lowest BCUT2D eigenvalue weighted by molar-refractivity contribution is 0.0951. The minimum absolute atomic E-state index is 0.127. The van der Waals surface area contributed by atoms with Crippen molar-refractivity contribution >= 4 is 39.0 Å². The van der Waals surface area contributed by atoms with E-state index in [1.54, 1.807) is 23.2 Å². The summed E-state index contributed by atoms with van der Waals surface area (Å²) in [5.74, 6) is 1.97. The van der Waals surface area contributed by atoms with E-state index in [-0.39, 0.29) is 15.7 Å².